The Morgan fingerprint density at radius 3 is 1.92 bits per heavy atom. The SMILES string of the molecule is COc1ccc(N(C)N(C)C)cc1. The Morgan fingerprint density at radius 1 is 1.00 bits per heavy atom. The van der Waals surface area contributed by atoms with Gasteiger partial charge in [-0.15, -0.1) is 0 Å². The summed E-state index contributed by atoms with van der Waals surface area (Å²) in [6.45, 7) is 0. The molecule has 0 saturated carbocycles. The Bertz CT molecular complexity index is 256. The number of ether oxygens (including phenoxy) is 1. The molecule has 13 heavy (non-hydrogen) atoms. The van der Waals surface area contributed by atoms with E-state index in [0.29, 0.717) is 0 Å². The first-order valence-electron chi connectivity index (χ1n) is 4.20. The van der Waals surface area contributed by atoms with Crippen LogP contribution in [0.3, 0.4) is 0 Å². The van der Waals surface area contributed by atoms with E-state index in [0.717, 1.165) is 11.4 Å². The molecule has 0 aliphatic carbocycles. The van der Waals surface area contributed by atoms with Gasteiger partial charge in [0.05, 0.1) is 12.8 Å². The predicted octanol–water partition coefficient (Wildman–Crippen LogP) is 1.61. The molecule has 0 atom stereocenters. The second-order valence-corrected chi connectivity index (χ2v) is 3.07. The standard InChI is InChI=1S/C10H16N2O/c1-11(2)12(3)9-5-7-10(13-4)8-6-9/h5-8H,1-4H3. The van der Waals surface area contributed by atoms with E-state index < -0.39 is 0 Å². The van der Waals surface area contributed by atoms with E-state index in [9.17, 15) is 0 Å². The van der Waals surface area contributed by atoms with Crippen molar-refractivity contribution in [2.24, 2.45) is 0 Å². The zero-order valence-electron chi connectivity index (χ0n) is 8.61. The summed E-state index contributed by atoms with van der Waals surface area (Å²) < 4.78 is 5.08. The maximum Gasteiger partial charge on any atom is 0.119 e. The summed E-state index contributed by atoms with van der Waals surface area (Å²) in [5.41, 5.74) is 1.14. The van der Waals surface area contributed by atoms with Gasteiger partial charge < -0.3 is 9.75 Å². The fourth-order valence-electron chi connectivity index (χ4n) is 1.03. The third-order valence-electron chi connectivity index (χ3n) is 2.05. The van der Waals surface area contributed by atoms with Crippen LogP contribution in [-0.2, 0) is 0 Å². The van der Waals surface area contributed by atoms with Crippen molar-refractivity contribution in [2.45, 2.75) is 0 Å². The lowest BCUT2D eigenvalue weighted by Crippen LogP contribution is -2.32. The highest BCUT2D eigenvalue weighted by molar-refractivity contribution is 5.47. The van der Waals surface area contributed by atoms with E-state index in [-0.39, 0.29) is 0 Å². The highest BCUT2D eigenvalue weighted by atomic mass is 16.5. The molecule has 1 rings (SSSR count). The van der Waals surface area contributed by atoms with Crippen LogP contribution in [0.4, 0.5) is 5.69 Å². The summed E-state index contributed by atoms with van der Waals surface area (Å²) in [5.74, 6) is 0.885. The summed E-state index contributed by atoms with van der Waals surface area (Å²) in [7, 11) is 7.70. The summed E-state index contributed by atoms with van der Waals surface area (Å²) in [5, 5.41) is 4.07. The first kappa shape index (κ1) is 9.86. The fraction of sp³-hybridized carbons (Fsp3) is 0.400. The van der Waals surface area contributed by atoms with E-state index in [1.165, 1.54) is 0 Å². The molecule has 0 aromatic heterocycles. The first-order valence-corrected chi connectivity index (χ1v) is 4.20. The first-order chi connectivity index (χ1) is 6.15. The normalized spacial score (nSPS) is 10.2. The number of anilines is 1. The van der Waals surface area contributed by atoms with Crippen molar-refractivity contribution >= 4 is 5.69 Å². The minimum absolute atomic E-state index is 0.885. The lowest BCUT2D eigenvalue weighted by Gasteiger charge is -2.26. The molecular formula is C10H16N2O. The second-order valence-electron chi connectivity index (χ2n) is 3.07. The van der Waals surface area contributed by atoms with Crippen LogP contribution in [0, 0.1) is 0 Å². The number of hydrazine groups is 1. The van der Waals surface area contributed by atoms with Crippen LogP contribution >= 0.6 is 0 Å². The number of hydrogen-bond acceptors (Lipinski definition) is 3. The number of methoxy groups -OCH3 is 1. The van der Waals surface area contributed by atoms with Gasteiger partial charge in [-0.25, -0.2) is 5.01 Å². The molecule has 0 fully saturated rings. The van der Waals surface area contributed by atoms with Crippen LogP contribution in [0.2, 0.25) is 0 Å². The third-order valence-corrected chi connectivity index (χ3v) is 2.05. The average molecular weight is 180 g/mol. The van der Waals surface area contributed by atoms with Crippen LogP contribution in [0.25, 0.3) is 0 Å². The fourth-order valence-corrected chi connectivity index (χ4v) is 1.03. The van der Waals surface area contributed by atoms with Crippen LogP contribution in [0.15, 0.2) is 24.3 Å². The summed E-state index contributed by atoms with van der Waals surface area (Å²) >= 11 is 0. The Hall–Kier alpha value is -1.22. The quantitative estimate of drug-likeness (QED) is 0.657. The van der Waals surface area contributed by atoms with E-state index in [4.69, 9.17) is 4.74 Å². The van der Waals surface area contributed by atoms with Crippen molar-refractivity contribution < 1.29 is 4.74 Å². The van der Waals surface area contributed by atoms with Gasteiger partial charge in [0, 0.05) is 21.1 Å². The van der Waals surface area contributed by atoms with Crippen molar-refractivity contribution in [1.29, 1.82) is 0 Å². The molecule has 72 valence electrons. The molecule has 0 unspecified atom stereocenters. The third kappa shape index (κ3) is 2.36. The number of nitrogens with zero attached hydrogens (tertiary/aromatic N) is 2. The van der Waals surface area contributed by atoms with Crippen molar-refractivity contribution in [3.05, 3.63) is 24.3 Å². The van der Waals surface area contributed by atoms with Crippen molar-refractivity contribution in [1.82, 2.24) is 5.01 Å². The van der Waals surface area contributed by atoms with Crippen molar-refractivity contribution in [2.75, 3.05) is 33.3 Å². The van der Waals surface area contributed by atoms with Gasteiger partial charge in [-0.3, -0.25) is 0 Å². The lowest BCUT2D eigenvalue weighted by molar-refractivity contribution is 0.396. The molecule has 0 amide bonds. The minimum atomic E-state index is 0.885. The lowest BCUT2D eigenvalue weighted by atomic mass is 10.3. The summed E-state index contributed by atoms with van der Waals surface area (Å²) in [6.07, 6.45) is 0. The zero-order chi connectivity index (χ0) is 9.84. The Kier molecular flexibility index (Phi) is 3.14. The molecule has 0 saturated heterocycles. The number of benzene rings is 1. The predicted molar refractivity (Wildman–Crippen MR) is 55.1 cm³/mol. The van der Waals surface area contributed by atoms with E-state index in [1.807, 2.05) is 50.4 Å². The average Bonchev–Trinajstić information content (AvgIpc) is 2.17. The zero-order valence-corrected chi connectivity index (χ0v) is 8.61. The topological polar surface area (TPSA) is 15.7 Å². The largest absolute Gasteiger partial charge is 0.497 e. The molecule has 3 heteroatoms. The highest BCUT2D eigenvalue weighted by Crippen LogP contribution is 2.18. The van der Waals surface area contributed by atoms with Crippen LogP contribution in [0.1, 0.15) is 0 Å². The molecule has 0 aliphatic heterocycles. The number of hydrogen-bond donors (Lipinski definition) is 0. The Morgan fingerprint density at radius 2 is 1.54 bits per heavy atom. The van der Waals surface area contributed by atoms with Gasteiger partial charge in [0.1, 0.15) is 5.75 Å². The Labute approximate surface area is 79.5 Å². The number of rotatable bonds is 3. The van der Waals surface area contributed by atoms with Gasteiger partial charge in [0.15, 0.2) is 0 Å². The molecule has 0 radical (unpaired) electrons. The van der Waals surface area contributed by atoms with E-state index in [1.54, 1.807) is 7.11 Å². The molecule has 0 heterocycles. The van der Waals surface area contributed by atoms with Crippen molar-refractivity contribution in [3.63, 3.8) is 0 Å². The maximum absolute atomic E-state index is 5.08. The summed E-state index contributed by atoms with van der Waals surface area (Å²) in [6, 6.07) is 7.96. The minimum Gasteiger partial charge on any atom is -0.497 e. The van der Waals surface area contributed by atoms with Crippen LogP contribution in [-0.4, -0.2) is 33.3 Å². The summed E-state index contributed by atoms with van der Waals surface area (Å²) in [4.78, 5) is 0. The molecule has 1 aromatic carbocycles. The van der Waals surface area contributed by atoms with Crippen molar-refractivity contribution in [3.8, 4) is 5.75 Å². The maximum atomic E-state index is 5.08. The van der Waals surface area contributed by atoms with E-state index >= 15 is 0 Å². The van der Waals surface area contributed by atoms with Gasteiger partial charge in [0.25, 0.3) is 0 Å². The molecule has 0 bridgehead atoms. The monoisotopic (exact) mass is 180 g/mol. The van der Waals surface area contributed by atoms with Gasteiger partial charge in [0.2, 0.25) is 0 Å². The van der Waals surface area contributed by atoms with Gasteiger partial charge in [-0.05, 0) is 24.3 Å². The highest BCUT2D eigenvalue weighted by Gasteiger charge is 2.01. The molecule has 0 spiro atoms. The van der Waals surface area contributed by atoms with Gasteiger partial charge in [-0.1, -0.05) is 0 Å². The Balaban J connectivity index is 2.79. The van der Waals surface area contributed by atoms with E-state index in [2.05, 4.69) is 5.01 Å². The smallest absolute Gasteiger partial charge is 0.119 e. The molecular weight excluding hydrogens is 164 g/mol. The van der Waals surface area contributed by atoms with Gasteiger partial charge >= 0.3 is 0 Å². The van der Waals surface area contributed by atoms with Gasteiger partial charge in [-0.2, -0.15) is 0 Å². The molecule has 1 aromatic rings. The van der Waals surface area contributed by atoms with Crippen LogP contribution < -0.4 is 9.75 Å². The second kappa shape index (κ2) is 4.14. The molecule has 3 nitrogen and oxygen atoms in total. The molecule has 0 aliphatic rings. The van der Waals surface area contributed by atoms with Crippen LogP contribution in [0.5, 0.6) is 5.75 Å². The molecule has 0 N–H and O–H groups in total.